The lowest BCUT2D eigenvalue weighted by Gasteiger charge is -2.21. The lowest BCUT2D eigenvalue weighted by atomic mass is 10.0. The molecule has 2 heterocycles. The summed E-state index contributed by atoms with van der Waals surface area (Å²) in [4.78, 5) is 34.8. The molecule has 0 aliphatic rings. The van der Waals surface area contributed by atoms with Gasteiger partial charge in [-0.25, -0.2) is 9.78 Å². The summed E-state index contributed by atoms with van der Waals surface area (Å²) in [5, 5.41) is 5.51. The fourth-order valence-corrected chi connectivity index (χ4v) is 4.49. The van der Waals surface area contributed by atoms with Gasteiger partial charge < -0.3 is 15.0 Å². The average molecular weight is 515 g/mol. The predicted molar refractivity (Wildman–Crippen MR) is 147 cm³/mol. The summed E-state index contributed by atoms with van der Waals surface area (Å²) in [5.74, 6) is -0.200. The highest BCUT2D eigenvalue weighted by atomic mass is 32.1. The maximum atomic E-state index is 12.5. The Morgan fingerprint density at radius 2 is 1.70 bits per heavy atom. The van der Waals surface area contributed by atoms with Crippen LogP contribution in [0.2, 0.25) is 0 Å². The van der Waals surface area contributed by atoms with Gasteiger partial charge in [-0.2, -0.15) is 0 Å². The molecular formula is C29H30N4O3S. The zero-order chi connectivity index (χ0) is 26.4. The highest BCUT2D eigenvalue weighted by Crippen LogP contribution is 2.30. The molecule has 2 aromatic carbocycles. The predicted octanol–water partition coefficient (Wildman–Crippen LogP) is 6.02. The van der Waals surface area contributed by atoms with Crippen LogP contribution >= 0.6 is 11.3 Å². The van der Waals surface area contributed by atoms with Crippen molar-refractivity contribution in [3.63, 3.8) is 0 Å². The second-order valence-electron chi connectivity index (χ2n) is 9.66. The molecule has 4 rings (SSSR count). The topological polar surface area (TPSA) is 84.4 Å². The van der Waals surface area contributed by atoms with Crippen LogP contribution in [-0.4, -0.2) is 46.1 Å². The molecule has 1 N–H and O–H groups in total. The lowest BCUT2D eigenvalue weighted by Crippen LogP contribution is -2.40. The minimum absolute atomic E-state index is 0.119. The van der Waals surface area contributed by atoms with Gasteiger partial charge in [0.05, 0.1) is 5.69 Å². The highest BCUT2D eigenvalue weighted by Gasteiger charge is 2.18. The lowest BCUT2D eigenvalue weighted by molar-refractivity contribution is -0.129. The van der Waals surface area contributed by atoms with Gasteiger partial charge in [-0.05, 0) is 55.7 Å². The normalized spacial score (nSPS) is 11.1. The van der Waals surface area contributed by atoms with Crippen LogP contribution in [0.15, 0.2) is 78.4 Å². The monoisotopic (exact) mass is 514 g/mol. The summed E-state index contributed by atoms with van der Waals surface area (Å²) in [6.45, 7) is 5.64. The average Bonchev–Trinajstić information content (AvgIpc) is 3.37. The van der Waals surface area contributed by atoms with Crippen molar-refractivity contribution in [3.05, 3.63) is 84.0 Å². The first-order valence-corrected chi connectivity index (χ1v) is 12.8. The molecule has 0 aliphatic carbocycles. The van der Waals surface area contributed by atoms with E-state index in [4.69, 9.17) is 9.72 Å². The number of rotatable bonds is 7. The summed E-state index contributed by atoms with van der Waals surface area (Å²) >= 11 is 1.60. The second-order valence-corrected chi connectivity index (χ2v) is 10.5. The number of hydrogen-bond acceptors (Lipinski definition) is 6. The van der Waals surface area contributed by atoms with Crippen molar-refractivity contribution in [3.8, 4) is 33.0 Å². The number of carbonyl (C=O) groups excluding carboxylic acids is 2. The number of nitrogens with zero attached hydrogens (tertiary/aromatic N) is 3. The van der Waals surface area contributed by atoms with Crippen LogP contribution in [0.25, 0.3) is 33.0 Å². The molecular weight excluding hydrogens is 484 g/mol. The molecule has 2 amide bonds. The quantitative estimate of drug-likeness (QED) is 0.326. The van der Waals surface area contributed by atoms with E-state index in [0.717, 1.165) is 38.5 Å². The first kappa shape index (κ1) is 26.0. The Morgan fingerprint density at radius 3 is 2.41 bits per heavy atom. The van der Waals surface area contributed by atoms with Gasteiger partial charge >= 0.3 is 6.09 Å². The number of amides is 2. The van der Waals surface area contributed by atoms with Crippen molar-refractivity contribution >= 4 is 23.3 Å². The Morgan fingerprint density at radius 1 is 0.973 bits per heavy atom. The molecule has 37 heavy (non-hydrogen) atoms. The number of aromatic nitrogens is 2. The van der Waals surface area contributed by atoms with Crippen LogP contribution in [0.5, 0.6) is 0 Å². The van der Waals surface area contributed by atoms with E-state index in [1.807, 2.05) is 36.5 Å². The fraction of sp³-hybridized carbons (Fsp3) is 0.241. The zero-order valence-corrected chi connectivity index (χ0v) is 22.2. The van der Waals surface area contributed by atoms with Crippen molar-refractivity contribution in [2.45, 2.75) is 32.9 Å². The highest BCUT2D eigenvalue weighted by molar-refractivity contribution is 7.13. The van der Waals surface area contributed by atoms with E-state index in [1.54, 1.807) is 50.3 Å². The third kappa shape index (κ3) is 7.24. The summed E-state index contributed by atoms with van der Waals surface area (Å²) in [5.41, 5.74) is 5.52. The van der Waals surface area contributed by atoms with Crippen molar-refractivity contribution in [2.24, 2.45) is 0 Å². The fourth-order valence-electron chi connectivity index (χ4n) is 3.67. The number of hydrogen-bond donors (Lipinski definition) is 1. The van der Waals surface area contributed by atoms with Gasteiger partial charge in [-0.15, -0.1) is 11.3 Å². The zero-order valence-electron chi connectivity index (χ0n) is 21.4. The molecule has 0 aliphatic heterocycles. The van der Waals surface area contributed by atoms with Crippen molar-refractivity contribution in [1.29, 1.82) is 0 Å². The molecule has 7 nitrogen and oxygen atoms in total. The Balaban J connectivity index is 1.38. The number of nitrogens with one attached hydrogen (secondary N) is 1. The van der Waals surface area contributed by atoms with Crippen molar-refractivity contribution < 1.29 is 14.3 Å². The molecule has 0 saturated heterocycles. The number of likely N-dealkylation sites (N-methyl/N-ethyl adjacent to an activating group) is 1. The third-order valence-electron chi connectivity index (χ3n) is 5.48. The smallest absolute Gasteiger partial charge is 0.408 e. The molecule has 0 unspecified atom stereocenters. The van der Waals surface area contributed by atoms with Crippen molar-refractivity contribution in [2.75, 3.05) is 13.6 Å². The van der Waals surface area contributed by atoms with Crippen LogP contribution in [0.4, 0.5) is 4.79 Å². The van der Waals surface area contributed by atoms with Crippen LogP contribution in [0, 0.1) is 0 Å². The molecule has 0 bridgehead atoms. The molecule has 0 atom stereocenters. The van der Waals surface area contributed by atoms with Crippen LogP contribution in [-0.2, 0) is 16.1 Å². The molecule has 4 aromatic rings. The van der Waals surface area contributed by atoms with Crippen LogP contribution in [0.3, 0.4) is 0 Å². The van der Waals surface area contributed by atoms with Gasteiger partial charge in [-0.3, -0.25) is 9.78 Å². The standard InChI is InChI=1S/C29H30N4O3S/c1-29(2,3)36-28(35)31-17-26(34)33(4)18-20-7-5-8-23(15-20)21-10-12-22(13-11-21)25-19-37-27(32-25)24-9-6-14-30-16-24/h5-16,19H,17-18H2,1-4H3,(H,31,35). The van der Waals surface area contributed by atoms with E-state index in [9.17, 15) is 9.59 Å². The maximum absolute atomic E-state index is 12.5. The van der Waals surface area contributed by atoms with Gasteiger partial charge in [-0.1, -0.05) is 42.5 Å². The van der Waals surface area contributed by atoms with Gasteiger partial charge in [0.2, 0.25) is 5.91 Å². The summed E-state index contributed by atoms with van der Waals surface area (Å²) in [7, 11) is 1.72. The van der Waals surface area contributed by atoms with E-state index < -0.39 is 11.7 Å². The largest absolute Gasteiger partial charge is 0.444 e. The third-order valence-corrected chi connectivity index (χ3v) is 6.37. The van der Waals surface area contributed by atoms with E-state index in [1.165, 1.54) is 0 Å². The number of carbonyl (C=O) groups is 2. The van der Waals surface area contributed by atoms with Gasteiger partial charge in [0, 0.05) is 42.5 Å². The Hall–Kier alpha value is -4.04. The van der Waals surface area contributed by atoms with Crippen LogP contribution in [0.1, 0.15) is 26.3 Å². The van der Waals surface area contributed by atoms with E-state index in [0.29, 0.717) is 6.54 Å². The molecule has 0 saturated carbocycles. The number of ether oxygens (including phenoxy) is 1. The number of thiazole rings is 1. The molecule has 0 fully saturated rings. The van der Waals surface area contributed by atoms with Gasteiger partial charge in [0.1, 0.15) is 17.2 Å². The molecule has 2 aromatic heterocycles. The summed E-state index contributed by atoms with van der Waals surface area (Å²) in [6.07, 6.45) is 2.97. The van der Waals surface area contributed by atoms with Crippen LogP contribution < -0.4 is 5.32 Å². The first-order chi connectivity index (χ1) is 17.7. The Bertz CT molecular complexity index is 1360. The minimum Gasteiger partial charge on any atom is -0.444 e. The minimum atomic E-state index is -0.610. The second kappa shape index (κ2) is 11.3. The molecule has 0 spiro atoms. The molecule has 8 heteroatoms. The maximum Gasteiger partial charge on any atom is 0.408 e. The Labute approximate surface area is 221 Å². The molecule has 190 valence electrons. The van der Waals surface area contributed by atoms with E-state index >= 15 is 0 Å². The van der Waals surface area contributed by atoms with Gasteiger partial charge in [0.25, 0.3) is 0 Å². The van der Waals surface area contributed by atoms with Gasteiger partial charge in [0.15, 0.2) is 0 Å². The Kier molecular flexibility index (Phi) is 7.98. The van der Waals surface area contributed by atoms with Crippen molar-refractivity contribution in [1.82, 2.24) is 20.2 Å². The number of pyridine rings is 1. The summed E-state index contributed by atoms with van der Waals surface area (Å²) in [6, 6.07) is 20.3. The number of alkyl carbamates (subject to hydrolysis) is 1. The molecule has 0 radical (unpaired) electrons. The SMILES string of the molecule is CN(Cc1cccc(-c2ccc(-c3csc(-c4cccnc4)n3)cc2)c1)C(=O)CNC(=O)OC(C)(C)C. The number of benzene rings is 2. The first-order valence-electron chi connectivity index (χ1n) is 11.9. The summed E-state index contributed by atoms with van der Waals surface area (Å²) < 4.78 is 5.18. The van der Waals surface area contributed by atoms with E-state index in [2.05, 4.69) is 46.0 Å². The van der Waals surface area contributed by atoms with E-state index in [-0.39, 0.29) is 12.5 Å².